The van der Waals surface area contributed by atoms with E-state index in [-0.39, 0.29) is 10.8 Å². The number of benzene rings is 2. The largest absolute Gasteiger partial charge is 0.497 e. The number of carbonyl (C=O) groups excluding carboxylic acids is 1. The summed E-state index contributed by atoms with van der Waals surface area (Å²) in [5.41, 5.74) is 1.16. The average molecular weight is 512 g/mol. The van der Waals surface area contributed by atoms with Gasteiger partial charge in [0.2, 0.25) is 10.0 Å². The molecule has 1 saturated heterocycles. The summed E-state index contributed by atoms with van der Waals surface area (Å²) >= 11 is 1.40. The van der Waals surface area contributed by atoms with E-state index in [1.54, 1.807) is 35.0 Å². The molecule has 1 aliphatic heterocycles. The minimum Gasteiger partial charge on any atom is -0.497 e. The lowest BCUT2D eigenvalue weighted by molar-refractivity contribution is 0.0985. The number of thiazole rings is 1. The lowest BCUT2D eigenvalue weighted by Crippen LogP contribution is -2.34. The molecule has 11 heteroatoms. The van der Waals surface area contributed by atoms with Gasteiger partial charge in [0.15, 0.2) is 5.13 Å². The Morgan fingerprint density at radius 2 is 1.91 bits per heavy atom. The van der Waals surface area contributed by atoms with Gasteiger partial charge in [0.25, 0.3) is 5.91 Å². The van der Waals surface area contributed by atoms with Crippen LogP contribution >= 0.6 is 11.3 Å². The zero-order valence-electron chi connectivity index (χ0n) is 19.2. The van der Waals surface area contributed by atoms with Gasteiger partial charge in [0, 0.05) is 37.6 Å². The topological polar surface area (TPSA) is 97.6 Å². The lowest BCUT2D eigenvalue weighted by Gasteiger charge is -2.20. The van der Waals surface area contributed by atoms with Crippen LogP contribution in [0.3, 0.4) is 0 Å². The van der Waals surface area contributed by atoms with Gasteiger partial charge in [0.1, 0.15) is 5.75 Å². The first-order chi connectivity index (χ1) is 17.0. The van der Waals surface area contributed by atoms with Crippen LogP contribution in [0.1, 0.15) is 23.2 Å². The fourth-order valence-electron chi connectivity index (χ4n) is 4.06. The maximum Gasteiger partial charge on any atom is 0.260 e. The number of methoxy groups -OCH3 is 1. The molecule has 1 fully saturated rings. The Labute approximate surface area is 207 Å². The molecule has 1 amide bonds. The van der Waals surface area contributed by atoms with Gasteiger partial charge in [-0.3, -0.25) is 14.4 Å². The van der Waals surface area contributed by atoms with Crippen LogP contribution in [-0.4, -0.2) is 60.1 Å². The number of hydrogen-bond acceptors (Lipinski definition) is 7. The number of carbonyl (C=O) groups is 1. The summed E-state index contributed by atoms with van der Waals surface area (Å²) in [5, 5.41) is 4.78. The van der Waals surface area contributed by atoms with Crippen molar-refractivity contribution in [3.63, 3.8) is 0 Å². The van der Waals surface area contributed by atoms with Crippen molar-refractivity contribution in [1.29, 1.82) is 0 Å². The van der Waals surface area contributed by atoms with E-state index in [0.29, 0.717) is 36.9 Å². The summed E-state index contributed by atoms with van der Waals surface area (Å²) in [7, 11) is -1.93. The number of aromatic nitrogens is 3. The highest BCUT2D eigenvalue weighted by molar-refractivity contribution is 7.89. The van der Waals surface area contributed by atoms with Crippen molar-refractivity contribution < 1.29 is 17.9 Å². The molecule has 35 heavy (non-hydrogen) atoms. The van der Waals surface area contributed by atoms with Gasteiger partial charge < -0.3 is 4.74 Å². The predicted molar refractivity (Wildman–Crippen MR) is 135 cm³/mol. The standard InChI is InChI=1S/C24H25N5O4S2/c1-33-19-7-10-21-22(17-19)34-24(26-21)29(16-15-27-12-4-11-25-27)23(30)18-5-8-20(9-6-18)35(31,32)28-13-2-3-14-28/h4-12,17H,2-3,13-16H2,1H3. The van der Waals surface area contributed by atoms with E-state index < -0.39 is 10.0 Å². The molecule has 0 bridgehead atoms. The van der Waals surface area contributed by atoms with Gasteiger partial charge in [0.05, 0.1) is 28.8 Å². The Bertz CT molecular complexity index is 1430. The molecular formula is C24H25N5O4S2. The number of rotatable bonds is 8. The summed E-state index contributed by atoms with van der Waals surface area (Å²) < 4.78 is 35.2. The van der Waals surface area contributed by atoms with Crippen LogP contribution in [0.4, 0.5) is 5.13 Å². The zero-order valence-corrected chi connectivity index (χ0v) is 20.8. The van der Waals surface area contributed by atoms with Crippen LogP contribution in [0.2, 0.25) is 0 Å². The molecule has 0 unspecified atom stereocenters. The first-order valence-corrected chi connectivity index (χ1v) is 13.6. The van der Waals surface area contributed by atoms with Crippen molar-refractivity contribution in [3.05, 3.63) is 66.5 Å². The Hall–Kier alpha value is -3.28. The SMILES string of the molecule is COc1ccc2nc(N(CCn3cccn3)C(=O)c3ccc(S(=O)(=O)N4CCCC4)cc3)sc2c1. The van der Waals surface area contributed by atoms with Gasteiger partial charge in [-0.1, -0.05) is 11.3 Å². The third kappa shape index (κ3) is 4.79. The highest BCUT2D eigenvalue weighted by atomic mass is 32.2. The van der Waals surface area contributed by atoms with E-state index in [4.69, 9.17) is 4.74 Å². The number of hydrogen-bond donors (Lipinski definition) is 0. The van der Waals surface area contributed by atoms with Crippen LogP contribution in [0.15, 0.2) is 65.8 Å². The quantitative estimate of drug-likeness (QED) is 0.358. The van der Waals surface area contributed by atoms with Gasteiger partial charge in [-0.2, -0.15) is 9.40 Å². The minimum atomic E-state index is -3.54. The monoisotopic (exact) mass is 511 g/mol. The van der Waals surface area contributed by atoms with Crippen LogP contribution in [-0.2, 0) is 16.6 Å². The Kier molecular flexibility index (Phi) is 6.54. The molecule has 9 nitrogen and oxygen atoms in total. The van der Waals surface area contributed by atoms with Crippen LogP contribution in [0.25, 0.3) is 10.2 Å². The van der Waals surface area contributed by atoms with E-state index in [0.717, 1.165) is 28.8 Å². The van der Waals surface area contributed by atoms with Gasteiger partial charge in [-0.05, 0) is 61.4 Å². The smallest absolute Gasteiger partial charge is 0.260 e. The molecule has 0 atom stereocenters. The van der Waals surface area contributed by atoms with Crippen molar-refractivity contribution >= 4 is 42.6 Å². The summed E-state index contributed by atoms with van der Waals surface area (Å²) in [6.07, 6.45) is 5.27. The molecule has 0 saturated carbocycles. The third-order valence-corrected chi connectivity index (χ3v) is 8.93. The summed E-state index contributed by atoms with van der Waals surface area (Å²) in [4.78, 5) is 20.1. The normalized spacial score (nSPS) is 14.4. The first-order valence-electron chi connectivity index (χ1n) is 11.3. The molecule has 0 N–H and O–H groups in total. The molecule has 0 radical (unpaired) electrons. The fourth-order valence-corrected chi connectivity index (χ4v) is 6.59. The number of ether oxygens (including phenoxy) is 1. The Balaban J connectivity index is 1.44. The maximum atomic E-state index is 13.6. The van der Waals surface area contributed by atoms with Gasteiger partial charge in [-0.15, -0.1) is 0 Å². The second-order valence-corrected chi connectivity index (χ2v) is 11.1. The molecule has 0 spiro atoms. The summed E-state index contributed by atoms with van der Waals surface area (Å²) in [6.45, 7) is 1.91. The number of nitrogens with zero attached hydrogens (tertiary/aromatic N) is 5. The summed E-state index contributed by atoms with van der Waals surface area (Å²) in [6, 6.07) is 13.6. The molecule has 2 aromatic heterocycles. The highest BCUT2D eigenvalue weighted by Crippen LogP contribution is 2.32. The average Bonchev–Trinajstić information content (AvgIpc) is 3.66. The maximum absolute atomic E-state index is 13.6. The second-order valence-electron chi connectivity index (χ2n) is 8.19. The molecule has 5 rings (SSSR count). The Morgan fingerprint density at radius 1 is 1.14 bits per heavy atom. The second kappa shape index (κ2) is 9.76. The third-order valence-electron chi connectivity index (χ3n) is 5.98. The van der Waals surface area contributed by atoms with E-state index in [9.17, 15) is 13.2 Å². The Morgan fingerprint density at radius 3 is 2.60 bits per heavy atom. The molecule has 182 valence electrons. The number of fused-ring (bicyclic) bond motifs is 1. The number of amides is 1. The minimum absolute atomic E-state index is 0.200. The molecule has 3 heterocycles. The zero-order chi connectivity index (χ0) is 24.4. The number of sulfonamides is 1. The van der Waals surface area contributed by atoms with E-state index in [1.807, 2.05) is 30.5 Å². The van der Waals surface area contributed by atoms with Crippen LogP contribution in [0.5, 0.6) is 5.75 Å². The van der Waals surface area contributed by atoms with Gasteiger partial charge >= 0.3 is 0 Å². The van der Waals surface area contributed by atoms with E-state index >= 15 is 0 Å². The fraction of sp³-hybridized carbons (Fsp3) is 0.292. The highest BCUT2D eigenvalue weighted by Gasteiger charge is 2.28. The molecular weight excluding hydrogens is 486 g/mol. The van der Waals surface area contributed by atoms with Crippen LogP contribution in [0, 0.1) is 0 Å². The van der Waals surface area contributed by atoms with Crippen molar-refractivity contribution in [2.24, 2.45) is 0 Å². The van der Waals surface area contributed by atoms with Crippen molar-refractivity contribution in [2.75, 3.05) is 31.6 Å². The van der Waals surface area contributed by atoms with Gasteiger partial charge in [-0.25, -0.2) is 13.4 Å². The number of anilines is 1. The summed E-state index contributed by atoms with van der Waals surface area (Å²) in [5.74, 6) is 0.463. The molecule has 2 aromatic carbocycles. The van der Waals surface area contributed by atoms with Crippen molar-refractivity contribution in [2.45, 2.75) is 24.3 Å². The molecule has 0 aliphatic carbocycles. The van der Waals surface area contributed by atoms with Crippen molar-refractivity contribution in [3.8, 4) is 5.75 Å². The molecule has 4 aromatic rings. The van der Waals surface area contributed by atoms with Crippen LogP contribution < -0.4 is 9.64 Å². The predicted octanol–water partition coefficient (Wildman–Crippen LogP) is 3.63. The first kappa shape index (κ1) is 23.5. The van der Waals surface area contributed by atoms with Crippen molar-refractivity contribution in [1.82, 2.24) is 19.1 Å². The van der Waals surface area contributed by atoms with E-state index in [1.165, 1.54) is 27.8 Å². The van der Waals surface area contributed by atoms with E-state index in [2.05, 4.69) is 10.1 Å². The lowest BCUT2D eigenvalue weighted by atomic mass is 10.2. The molecule has 1 aliphatic rings.